The summed E-state index contributed by atoms with van der Waals surface area (Å²) in [5.74, 6) is -0.00627. The number of nitrogens with zero attached hydrogens (tertiary/aromatic N) is 2. The fourth-order valence-electron chi connectivity index (χ4n) is 2.28. The van der Waals surface area contributed by atoms with Crippen LogP contribution in [0.25, 0.3) is 0 Å². The zero-order chi connectivity index (χ0) is 14.8. The molecule has 20 heavy (non-hydrogen) atoms. The van der Waals surface area contributed by atoms with Crippen molar-refractivity contribution in [3.63, 3.8) is 0 Å². The number of benzene rings is 1. The van der Waals surface area contributed by atoms with Gasteiger partial charge >= 0.3 is 0 Å². The predicted octanol–water partition coefficient (Wildman–Crippen LogP) is 1.50. The second-order valence-corrected chi connectivity index (χ2v) is 7.00. The average molecular weight is 294 g/mol. The Labute approximate surface area is 119 Å². The Morgan fingerprint density at radius 2 is 2.00 bits per heavy atom. The fraction of sp³-hybridized carbons (Fsp3) is 0.500. The van der Waals surface area contributed by atoms with Gasteiger partial charge in [-0.15, -0.1) is 0 Å². The molecule has 2 rings (SSSR count). The summed E-state index contributed by atoms with van der Waals surface area (Å²) >= 11 is 0. The van der Waals surface area contributed by atoms with Gasteiger partial charge in [-0.25, -0.2) is 8.42 Å². The van der Waals surface area contributed by atoms with Gasteiger partial charge in [0.25, 0.3) is 0 Å². The molecule has 0 spiro atoms. The monoisotopic (exact) mass is 294 g/mol. The number of hydrogen-bond donors (Lipinski definition) is 0. The van der Waals surface area contributed by atoms with Crippen molar-refractivity contribution in [3.8, 4) is 6.07 Å². The lowest BCUT2D eigenvalue weighted by Gasteiger charge is -2.29. The number of nitriles is 1. The summed E-state index contributed by atoms with van der Waals surface area (Å²) in [6.07, 6.45) is 0. The molecule has 6 heteroatoms. The van der Waals surface area contributed by atoms with Crippen LogP contribution in [0.15, 0.2) is 17.0 Å². The quantitative estimate of drug-likeness (QED) is 0.845. The molecule has 108 valence electrons. The van der Waals surface area contributed by atoms with Gasteiger partial charge in [-0.05, 0) is 24.6 Å². The number of hydrogen-bond acceptors (Lipinski definition) is 5. The highest BCUT2D eigenvalue weighted by Crippen LogP contribution is 2.27. The minimum absolute atomic E-state index is 0.00627. The smallest absolute Gasteiger partial charge is 0.179 e. The minimum Gasteiger partial charge on any atom is -0.378 e. The third-order valence-corrected chi connectivity index (χ3v) is 5.24. The summed E-state index contributed by atoms with van der Waals surface area (Å²) in [6.45, 7) is 6.10. The Bertz CT molecular complexity index is 641. The van der Waals surface area contributed by atoms with Crippen LogP contribution >= 0.6 is 0 Å². The molecule has 0 saturated carbocycles. The maximum atomic E-state index is 12.2. The molecular weight excluding hydrogens is 276 g/mol. The number of ether oxygens (including phenoxy) is 1. The van der Waals surface area contributed by atoms with Crippen LogP contribution < -0.4 is 4.90 Å². The van der Waals surface area contributed by atoms with Crippen molar-refractivity contribution in [2.24, 2.45) is 0 Å². The molecule has 1 heterocycles. The summed E-state index contributed by atoms with van der Waals surface area (Å²) in [7, 11) is -3.41. The Morgan fingerprint density at radius 3 is 2.55 bits per heavy atom. The van der Waals surface area contributed by atoms with E-state index >= 15 is 0 Å². The van der Waals surface area contributed by atoms with Crippen LogP contribution in [0, 0.1) is 18.3 Å². The number of sulfone groups is 1. The molecule has 0 radical (unpaired) electrons. The minimum atomic E-state index is -3.41. The second-order valence-electron chi connectivity index (χ2n) is 4.75. The van der Waals surface area contributed by atoms with E-state index in [1.807, 2.05) is 12.1 Å². The van der Waals surface area contributed by atoms with Gasteiger partial charge in [0.2, 0.25) is 0 Å². The molecule has 1 fully saturated rings. The number of rotatable bonds is 3. The molecular formula is C14H18N2O3S. The maximum absolute atomic E-state index is 12.2. The van der Waals surface area contributed by atoms with E-state index in [9.17, 15) is 13.7 Å². The molecule has 0 atom stereocenters. The predicted molar refractivity (Wildman–Crippen MR) is 76.7 cm³/mol. The van der Waals surface area contributed by atoms with Crippen molar-refractivity contribution in [1.29, 1.82) is 5.26 Å². The molecule has 0 bridgehead atoms. The number of anilines is 1. The second kappa shape index (κ2) is 5.81. The lowest BCUT2D eigenvalue weighted by Crippen LogP contribution is -2.36. The van der Waals surface area contributed by atoms with Crippen molar-refractivity contribution in [2.45, 2.75) is 18.7 Å². The van der Waals surface area contributed by atoms with Crippen LogP contribution in [0.1, 0.15) is 18.1 Å². The van der Waals surface area contributed by atoms with Gasteiger partial charge < -0.3 is 9.64 Å². The van der Waals surface area contributed by atoms with E-state index in [1.165, 1.54) is 0 Å². The lowest BCUT2D eigenvalue weighted by atomic mass is 10.1. The zero-order valence-electron chi connectivity index (χ0n) is 11.7. The zero-order valence-corrected chi connectivity index (χ0v) is 12.5. The Morgan fingerprint density at radius 1 is 1.35 bits per heavy atom. The van der Waals surface area contributed by atoms with Crippen molar-refractivity contribution in [3.05, 3.63) is 23.3 Å². The van der Waals surface area contributed by atoms with E-state index in [0.29, 0.717) is 18.8 Å². The molecule has 5 nitrogen and oxygen atoms in total. The van der Waals surface area contributed by atoms with Crippen molar-refractivity contribution in [1.82, 2.24) is 0 Å². The summed E-state index contributed by atoms with van der Waals surface area (Å²) < 4.78 is 29.6. The molecule has 1 aliphatic rings. The SMILES string of the molecule is CCS(=O)(=O)c1cc(N2CCOCC2)cc(C)c1C#N. The largest absolute Gasteiger partial charge is 0.378 e. The molecule has 1 aliphatic heterocycles. The maximum Gasteiger partial charge on any atom is 0.179 e. The molecule has 1 aromatic rings. The normalized spacial score (nSPS) is 15.9. The lowest BCUT2D eigenvalue weighted by molar-refractivity contribution is 0.122. The van der Waals surface area contributed by atoms with Crippen molar-refractivity contribution in [2.75, 3.05) is 37.0 Å². The molecule has 0 N–H and O–H groups in total. The first-order valence-electron chi connectivity index (χ1n) is 6.59. The van der Waals surface area contributed by atoms with Crippen LogP contribution in [-0.2, 0) is 14.6 Å². The summed E-state index contributed by atoms with van der Waals surface area (Å²) in [5.41, 5.74) is 1.80. The highest BCUT2D eigenvalue weighted by atomic mass is 32.2. The third-order valence-electron chi connectivity index (χ3n) is 3.49. The summed E-state index contributed by atoms with van der Waals surface area (Å²) in [5, 5.41) is 9.21. The van der Waals surface area contributed by atoms with Crippen LogP contribution in [0.2, 0.25) is 0 Å². The van der Waals surface area contributed by atoms with Crippen LogP contribution in [0.4, 0.5) is 5.69 Å². The molecule has 0 aromatic heterocycles. The van der Waals surface area contributed by atoms with Crippen LogP contribution in [0.5, 0.6) is 0 Å². The van der Waals surface area contributed by atoms with E-state index < -0.39 is 9.84 Å². The van der Waals surface area contributed by atoms with Gasteiger partial charge in [-0.3, -0.25) is 0 Å². The molecule has 1 saturated heterocycles. The Balaban J connectivity index is 2.55. The van der Waals surface area contributed by atoms with Gasteiger partial charge in [-0.1, -0.05) is 6.92 Å². The first-order chi connectivity index (χ1) is 9.49. The highest BCUT2D eigenvalue weighted by Gasteiger charge is 2.22. The Hall–Kier alpha value is -1.58. The molecule has 0 unspecified atom stereocenters. The van der Waals surface area contributed by atoms with Crippen LogP contribution in [-0.4, -0.2) is 40.5 Å². The van der Waals surface area contributed by atoms with Crippen LogP contribution in [0.3, 0.4) is 0 Å². The van der Waals surface area contributed by atoms with Gasteiger partial charge in [-0.2, -0.15) is 5.26 Å². The van der Waals surface area contributed by atoms with Gasteiger partial charge in [0, 0.05) is 18.8 Å². The van der Waals surface area contributed by atoms with Crippen molar-refractivity contribution < 1.29 is 13.2 Å². The first kappa shape index (κ1) is 14.8. The topological polar surface area (TPSA) is 70.4 Å². The van der Waals surface area contributed by atoms with E-state index in [1.54, 1.807) is 19.9 Å². The van der Waals surface area contributed by atoms with E-state index in [4.69, 9.17) is 4.74 Å². The third kappa shape index (κ3) is 2.79. The number of aryl methyl sites for hydroxylation is 1. The van der Waals surface area contributed by atoms with E-state index in [0.717, 1.165) is 18.8 Å². The van der Waals surface area contributed by atoms with E-state index in [2.05, 4.69) is 4.90 Å². The first-order valence-corrected chi connectivity index (χ1v) is 8.25. The molecule has 0 amide bonds. The van der Waals surface area contributed by atoms with Gasteiger partial charge in [0.15, 0.2) is 9.84 Å². The standard InChI is InChI=1S/C14H18N2O3S/c1-3-20(17,18)14-9-12(8-11(2)13(14)10-15)16-4-6-19-7-5-16/h8-9H,3-7H2,1-2H3. The Kier molecular flexibility index (Phi) is 4.31. The van der Waals surface area contributed by atoms with Crippen molar-refractivity contribution >= 4 is 15.5 Å². The highest BCUT2D eigenvalue weighted by molar-refractivity contribution is 7.91. The van der Waals surface area contributed by atoms with Gasteiger partial charge in [0.05, 0.1) is 29.4 Å². The molecule has 1 aromatic carbocycles. The fourth-order valence-corrected chi connectivity index (χ4v) is 3.41. The van der Waals surface area contributed by atoms with E-state index in [-0.39, 0.29) is 16.2 Å². The molecule has 0 aliphatic carbocycles. The average Bonchev–Trinajstić information content (AvgIpc) is 2.47. The summed E-state index contributed by atoms with van der Waals surface area (Å²) in [6, 6.07) is 5.51. The number of morpholine rings is 1. The summed E-state index contributed by atoms with van der Waals surface area (Å²) in [4.78, 5) is 2.23. The van der Waals surface area contributed by atoms with Gasteiger partial charge in [0.1, 0.15) is 6.07 Å².